The standard InChI is InChI=1S/C11H21NO5S/c1-5-12(3,4)17-11(13)10(2)8-6-7-9-18(14,15)16/h8H,5-7,9H2,1-4H3/p+1/b10-8+. The predicted octanol–water partition coefficient (Wildman–Crippen LogP) is 1.16. The highest BCUT2D eigenvalue weighted by molar-refractivity contribution is 7.85. The third-order valence-electron chi connectivity index (χ3n) is 2.47. The third kappa shape index (κ3) is 8.21. The summed E-state index contributed by atoms with van der Waals surface area (Å²) in [5.74, 6) is -0.726. The minimum Gasteiger partial charge on any atom is -0.286 e. The van der Waals surface area contributed by atoms with E-state index < -0.39 is 16.1 Å². The van der Waals surface area contributed by atoms with Crippen molar-refractivity contribution in [2.45, 2.75) is 26.7 Å². The van der Waals surface area contributed by atoms with Gasteiger partial charge in [0, 0.05) is 5.57 Å². The quantitative estimate of drug-likeness (QED) is 0.249. The average molecular weight is 280 g/mol. The molecule has 0 rings (SSSR count). The molecule has 0 radical (unpaired) electrons. The SMILES string of the molecule is CC[N+](C)(C)OC(=O)/C(C)=C/CCCS(=O)(=O)O. The molecular weight excluding hydrogens is 258 g/mol. The molecule has 0 spiro atoms. The molecule has 0 aliphatic carbocycles. The second-order valence-corrected chi connectivity index (χ2v) is 6.16. The number of carbonyl (C=O) groups excluding carboxylic acids is 1. The van der Waals surface area contributed by atoms with Crippen LogP contribution in [-0.2, 0) is 19.8 Å². The zero-order chi connectivity index (χ0) is 14.4. The van der Waals surface area contributed by atoms with Crippen molar-refractivity contribution < 1.29 is 27.2 Å². The number of hydrogen-bond donors (Lipinski definition) is 1. The van der Waals surface area contributed by atoms with E-state index in [1.54, 1.807) is 27.1 Å². The number of hydrogen-bond acceptors (Lipinski definition) is 4. The molecule has 1 N–H and O–H groups in total. The molecule has 0 saturated carbocycles. The van der Waals surface area contributed by atoms with Gasteiger partial charge in [-0.25, -0.2) is 4.79 Å². The second kappa shape index (κ2) is 6.86. The summed E-state index contributed by atoms with van der Waals surface area (Å²) in [6, 6.07) is 0. The van der Waals surface area contributed by atoms with Crippen LogP contribution in [0.25, 0.3) is 0 Å². The summed E-state index contributed by atoms with van der Waals surface area (Å²) in [5.41, 5.74) is 0.435. The first-order chi connectivity index (χ1) is 8.07. The highest BCUT2D eigenvalue weighted by Crippen LogP contribution is 2.07. The van der Waals surface area contributed by atoms with Crippen LogP contribution in [-0.4, -0.2) is 50.0 Å². The lowest BCUT2D eigenvalue weighted by atomic mass is 10.2. The highest BCUT2D eigenvalue weighted by atomic mass is 32.2. The van der Waals surface area contributed by atoms with Crippen molar-refractivity contribution in [3.05, 3.63) is 11.6 Å². The Morgan fingerprint density at radius 1 is 1.39 bits per heavy atom. The lowest BCUT2D eigenvalue weighted by Gasteiger charge is -2.24. The monoisotopic (exact) mass is 280 g/mol. The van der Waals surface area contributed by atoms with Gasteiger partial charge in [0.15, 0.2) is 0 Å². The van der Waals surface area contributed by atoms with Crippen LogP contribution in [0.15, 0.2) is 11.6 Å². The summed E-state index contributed by atoms with van der Waals surface area (Å²) in [6.07, 6.45) is 2.29. The lowest BCUT2D eigenvalue weighted by molar-refractivity contribution is -1.06. The molecule has 0 fully saturated rings. The van der Waals surface area contributed by atoms with Crippen molar-refractivity contribution in [3.8, 4) is 0 Å². The fourth-order valence-electron chi connectivity index (χ4n) is 1.03. The summed E-state index contributed by atoms with van der Waals surface area (Å²) < 4.78 is 29.6. The first kappa shape index (κ1) is 17.1. The van der Waals surface area contributed by atoms with Crippen LogP contribution in [0.1, 0.15) is 26.7 Å². The summed E-state index contributed by atoms with van der Waals surface area (Å²) in [4.78, 5) is 16.8. The van der Waals surface area contributed by atoms with E-state index in [-0.39, 0.29) is 16.8 Å². The van der Waals surface area contributed by atoms with Crippen molar-refractivity contribution in [2.75, 3.05) is 26.4 Å². The van der Waals surface area contributed by atoms with Gasteiger partial charge in [-0.3, -0.25) is 9.39 Å². The van der Waals surface area contributed by atoms with Crippen molar-refractivity contribution >= 4 is 16.1 Å². The van der Waals surface area contributed by atoms with Crippen molar-refractivity contribution in [3.63, 3.8) is 0 Å². The number of carbonyl (C=O) groups is 1. The molecule has 0 aliphatic heterocycles. The molecule has 106 valence electrons. The largest absolute Gasteiger partial charge is 0.392 e. The summed E-state index contributed by atoms with van der Waals surface area (Å²) in [5, 5.41) is 0. The number of nitrogens with zero attached hydrogens (tertiary/aromatic N) is 1. The summed E-state index contributed by atoms with van der Waals surface area (Å²) in [6.45, 7) is 4.17. The lowest BCUT2D eigenvalue weighted by Crippen LogP contribution is -2.41. The maximum Gasteiger partial charge on any atom is 0.392 e. The molecule has 0 heterocycles. The molecular formula is C11H22NO5S+. The van der Waals surface area contributed by atoms with Gasteiger partial charge in [-0.15, -0.1) is 4.65 Å². The van der Waals surface area contributed by atoms with Gasteiger partial charge in [0.1, 0.15) is 20.6 Å². The van der Waals surface area contributed by atoms with Crippen LogP contribution in [0.2, 0.25) is 0 Å². The molecule has 0 aromatic rings. The number of rotatable bonds is 7. The first-order valence-corrected chi connectivity index (χ1v) is 7.37. The van der Waals surface area contributed by atoms with E-state index in [0.717, 1.165) is 0 Å². The molecule has 0 bridgehead atoms. The predicted molar refractivity (Wildman–Crippen MR) is 68.1 cm³/mol. The minimum atomic E-state index is -3.92. The Morgan fingerprint density at radius 3 is 2.39 bits per heavy atom. The Balaban J connectivity index is 4.22. The topological polar surface area (TPSA) is 80.7 Å². The van der Waals surface area contributed by atoms with Crippen LogP contribution in [0.3, 0.4) is 0 Å². The molecule has 0 aliphatic rings. The van der Waals surface area contributed by atoms with Crippen LogP contribution in [0, 0.1) is 0 Å². The van der Waals surface area contributed by atoms with Gasteiger partial charge in [-0.2, -0.15) is 8.42 Å². The van der Waals surface area contributed by atoms with Crippen LogP contribution in [0.4, 0.5) is 0 Å². The number of quaternary nitrogens is 1. The summed E-state index contributed by atoms with van der Waals surface area (Å²) in [7, 11) is -0.389. The van der Waals surface area contributed by atoms with Gasteiger partial charge in [-0.1, -0.05) is 6.08 Å². The van der Waals surface area contributed by atoms with E-state index in [0.29, 0.717) is 18.5 Å². The van der Waals surface area contributed by atoms with Gasteiger partial charge in [0.2, 0.25) is 0 Å². The number of unbranched alkanes of at least 4 members (excludes halogenated alkanes) is 1. The van der Waals surface area contributed by atoms with E-state index in [2.05, 4.69) is 0 Å². The molecule has 7 heteroatoms. The normalized spacial score (nSPS) is 13.5. The van der Waals surface area contributed by atoms with E-state index in [1.165, 1.54) is 0 Å². The second-order valence-electron chi connectivity index (χ2n) is 4.58. The molecule has 0 unspecified atom stereocenters. The maximum atomic E-state index is 11.6. The van der Waals surface area contributed by atoms with Gasteiger partial charge < -0.3 is 0 Å². The third-order valence-corrected chi connectivity index (χ3v) is 3.28. The Bertz CT molecular complexity index is 411. The Kier molecular flexibility index (Phi) is 6.51. The van der Waals surface area contributed by atoms with Crippen LogP contribution >= 0.6 is 0 Å². The molecule has 0 aromatic carbocycles. The van der Waals surface area contributed by atoms with E-state index in [4.69, 9.17) is 9.39 Å². The average Bonchev–Trinajstić information content (AvgIpc) is 2.22. The fourth-order valence-corrected chi connectivity index (χ4v) is 1.56. The van der Waals surface area contributed by atoms with Crippen molar-refractivity contribution in [2.24, 2.45) is 0 Å². The van der Waals surface area contributed by atoms with Gasteiger partial charge >= 0.3 is 5.97 Å². The Labute approximate surface area is 109 Å². The van der Waals surface area contributed by atoms with Gasteiger partial charge in [-0.05, 0) is 26.7 Å². The van der Waals surface area contributed by atoms with E-state index in [1.807, 2.05) is 6.92 Å². The number of allylic oxidation sites excluding steroid dienone is 1. The molecule has 6 nitrogen and oxygen atoms in total. The van der Waals surface area contributed by atoms with E-state index in [9.17, 15) is 13.2 Å². The maximum absolute atomic E-state index is 11.6. The fraction of sp³-hybridized carbons (Fsp3) is 0.727. The molecule has 0 amide bonds. The van der Waals surface area contributed by atoms with Gasteiger partial charge in [0.25, 0.3) is 10.1 Å². The molecule has 0 aromatic heterocycles. The Morgan fingerprint density at radius 2 is 1.94 bits per heavy atom. The summed E-state index contributed by atoms with van der Waals surface area (Å²) >= 11 is 0. The highest BCUT2D eigenvalue weighted by Gasteiger charge is 2.20. The van der Waals surface area contributed by atoms with Crippen molar-refractivity contribution in [1.82, 2.24) is 0 Å². The molecule has 18 heavy (non-hydrogen) atoms. The zero-order valence-electron chi connectivity index (χ0n) is 11.3. The van der Waals surface area contributed by atoms with Crippen LogP contribution in [0.5, 0.6) is 0 Å². The van der Waals surface area contributed by atoms with Crippen LogP contribution < -0.4 is 0 Å². The first-order valence-electron chi connectivity index (χ1n) is 5.76. The Hall–Kier alpha value is -0.920. The zero-order valence-corrected chi connectivity index (χ0v) is 12.2. The van der Waals surface area contributed by atoms with Crippen molar-refractivity contribution in [1.29, 1.82) is 0 Å². The molecule has 0 atom stereocenters. The smallest absolute Gasteiger partial charge is 0.286 e. The molecule has 0 saturated heterocycles. The minimum absolute atomic E-state index is 0.134. The number of hydroxylamine groups is 3. The van der Waals surface area contributed by atoms with Gasteiger partial charge in [0.05, 0.1) is 5.75 Å². The van der Waals surface area contributed by atoms with E-state index >= 15 is 0 Å².